The summed E-state index contributed by atoms with van der Waals surface area (Å²) >= 11 is 1.33. The summed E-state index contributed by atoms with van der Waals surface area (Å²) in [6.45, 7) is 3.10. The van der Waals surface area contributed by atoms with Gasteiger partial charge in [0.05, 0.1) is 5.75 Å². The number of hydrazine groups is 1. The average molecular weight is 309 g/mol. The van der Waals surface area contributed by atoms with Crippen LogP contribution in [0.5, 0.6) is 0 Å². The lowest BCUT2D eigenvalue weighted by Gasteiger charge is -2.30. The maximum atomic E-state index is 12.1. The van der Waals surface area contributed by atoms with Crippen LogP contribution in [0.15, 0.2) is 17.6 Å². The number of carbonyl (C=O) groups is 2. The fourth-order valence-corrected chi connectivity index (χ4v) is 2.87. The predicted octanol–water partition coefficient (Wildman–Crippen LogP) is 0.106. The largest absolute Gasteiger partial charge is 0.342 e. The SMILES string of the molecule is Cc1cnc(SCC(=O)N2CCC(C(=O)NN)CC2)nc1. The van der Waals surface area contributed by atoms with Gasteiger partial charge in [-0.3, -0.25) is 15.0 Å². The van der Waals surface area contributed by atoms with E-state index >= 15 is 0 Å². The third-order valence-electron chi connectivity index (χ3n) is 3.44. The van der Waals surface area contributed by atoms with Crippen LogP contribution in [0.2, 0.25) is 0 Å². The van der Waals surface area contributed by atoms with Gasteiger partial charge >= 0.3 is 0 Å². The molecule has 0 bridgehead atoms. The molecule has 21 heavy (non-hydrogen) atoms. The van der Waals surface area contributed by atoms with Crippen molar-refractivity contribution in [2.45, 2.75) is 24.9 Å². The molecule has 7 nitrogen and oxygen atoms in total. The second-order valence-electron chi connectivity index (χ2n) is 5.00. The number of amides is 2. The molecule has 1 aliphatic rings. The van der Waals surface area contributed by atoms with Crippen molar-refractivity contribution in [1.82, 2.24) is 20.3 Å². The van der Waals surface area contributed by atoms with Crippen molar-refractivity contribution in [3.05, 3.63) is 18.0 Å². The van der Waals surface area contributed by atoms with E-state index < -0.39 is 0 Å². The van der Waals surface area contributed by atoms with Crippen molar-refractivity contribution in [2.75, 3.05) is 18.8 Å². The molecule has 3 N–H and O–H groups in total. The van der Waals surface area contributed by atoms with Crippen LogP contribution in [0.25, 0.3) is 0 Å². The standard InChI is InChI=1S/C13H19N5O2S/c1-9-6-15-13(16-7-9)21-8-11(19)18-4-2-10(3-5-18)12(20)17-14/h6-7,10H,2-5,8,14H2,1H3,(H,17,20). The van der Waals surface area contributed by atoms with Crippen LogP contribution in [-0.4, -0.2) is 45.5 Å². The van der Waals surface area contributed by atoms with Crippen LogP contribution >= 0.6 is 11.8 Å². The van der Waals surface area contributed by atoms with Gasteiger partial charge in [0.2, 0.25) is 11.8 Å². The quantitative estimate of drug-likeness (QED) is 0.269. The first kappa shape index (κ1) is 15.7. The second kappa shape index (κ2) is 7.37. The van der Waals surface area contributed by atoms with Gasteiger partial charge in [-0.2, -0.15) is 0 Å². The monoisotopic (exact) mass is 309 g/mol. The van der Waals surface area contributed by atoms with Gasteiger partial charge in [-0.05, 0) is 25.3 Å². The number of hydrogen-bond acceptors (Lipinski definition) is 6. The Balaban J connectivity index is 1.77. The predicted molar refractivity (Wildman–Crippen MR) is 79.1 cm³/mol. The lowest BCUT2D eigenvalue weighted by Crippen LogP contribution is -2.45. The third-order valence-corrected chi connectivity index (χ3v) is 4.30. The van der Waals surface area contributed by atoms with E-state index in [9.17, 15) is 9.59 Å². The van der Waals surface area contributed by atoms with E-state index in [-0.39, 0.29) is 17.7 Å². The van der Waals surface area contributed by atoms with Gasteiger partial charge in [0.25, 0.3) is 0 Å². The Morgan fingerprint density at radius 3 is 2.57 bits per heavy atom. The van der Waals surface area contributed by atoms with Crippen molar-refractivity contribution in [3.63, 3.8) is 0 Å². The fourth-order valence-electron chi connectivity index (χ4n) is 2.18. The van der Waals surface area contributed by atoms with Crippen molar-refractivity contribution < 1.29 is 9.59 Å². The Kier molecular flexibility index (Phi) is 5.51. The van der Waals surface area contributed by atoms with E-state index in [1.165, 1.54) is 11.8 Å². The number of nitrogens with zero attached hydrogens (tertiary/aromatic N) is 3. The van der Waals surface area contributed by atoms with Crippen molar-refractivity contribution in [3.8, 4) is 0 Å². The van der Waals surface area contributed by atoms with E-state index in [0.717, 1.165) is 5.56 Å². The Morgan fingerprint density at radius 1 is 1.38 bits per heavy atom. The molecule has 0 aromatic carbocycles. The third kappa shape index (κ3) is 4.40. The minimum atomic E-state index is -0.149. The number of likely N-dealkylation sites (tertiary alicyclic amines) is 1. The number of rotatable bonds is 4. The highest BCUT2D eigenvalue weighted by Gasteiger charge is 2.26. The zero-order chi connectivity index (χ0) is 15.2. The maximum Gasteiger partial charge on any atom is 0.237 e. The molecule has 1 saturated heterocycles. The van der Waals surface area contributed by atoms with E-state index in [0.29, 0.717) is 36.8 Å². The Labute approximate surface area is 127 Å². The van der Waals surface area contributed by atoms with Gasteiger partial charge in [-0.25, -0.2) is 15.8 Å². The summed E-state index contributed by atoms with van der Waals surface area (Å²) in [4.78, 5) is 33.6. The minimum Gasteiger partial charge on any atom is -0.342 e. The topological polar surface area (TPSA) is 101 Å². The molecule has 1 aliphatic heterocycles. The smallest absolute Gasteiger partial charge is 0.237 e. The summed E-state index contributed by atoms with van der Waals surface area (Å²) in [6.07, 6.45) is 4.77. The van der Waals surface area contributed by atoms with Crippen molar-refractivity contribution in [1.29, 1.82) is 0 Å². The summed E-state index contributed by atoms with van der Waals surface area (Å²) in [5.74, 6) is 5.25. The first-order chi connectivity index (χ1) is 10.1. The lowest BCUT2D eigenvalue weighted by atomic mass is 9.96. The molecule has 0 atom stereocenters. The number of piperidine rings is 1. The van der Waals surface area contributed by atoms with E-state index in [2.05, 4.69) is 15.4 Å². The fraction of sp³-hybridized carbons (Fsp3) is 0.538. The molecule has 0 unspecified atom stereocenters. The molecule has 114 valence electrons. The molecule has 1 aromatic rings. The number of aryl methyl sites for hydroxylation is 1. The van der Waals surface area contributed by atoms with Gasteiger partial charge < -0.3 is 4.90 Å². The summed E-state index contributed by atoms with van der Waals surface area (Å²) in [6, 6.07) is 0. The van der Waals surface area contributed by atoms with Gasteiger partial charge in [0, 0.05) is 31.4 Å². The number of hydrogen-bond donors (Lipinski definition) is 2. The molecule has 0 aliphatic carbocycles. The van der Waals surface area contributed by atoms with Gasteiger partial charge in [0.1, 0.15) is 0 Å². The normalized spacial score (nSPS) is 15.8. The van der Waals surface area contributed by atoms with Crippen LogP contribution in [0.1, 0.15) is 18.4 Å². The Morgan fingerprint density at radius 2 is 2.00 bits per heavy atom. The van der Waals surface area contributed by atoms with E-state index in [1.54, 1.807) is 17.3 Å². The van der Waals surface area contributed by atoms with E-state index in [4.69, 9.17) is 5.84 Å². The molecular weight excluding hydrogens is 290 g/mol. The van der Waals surface area contributed by atoms with Gasteiger partial charge in [-0.1, -0.05) is 11.8 Å². The highest BCUT2D eigenvalue weighted by Crippen LogP contribution is 2.19. The minimum absolute atomic E-state index is 0.0516. The van der Waals surface area contributed by atoms with E-state index in [1.807, 2.05) is 6.92 Å². The lowest BCUT2D eigenvalue weighted by molar-refractivity contribution is -0.133. The second-order valence-corrected chi connectivity index (χ2v) is 5.94. The molecule has 0 saturated carbocycles. The average Bonchev–Trinajstić information content (AvgIpc) is 2.53. The molecule has 2 amide bonds. The van der Waals surface area contributed by atoms with Crippen LogP contribution < -0.4 is 11.3 Å². The maximum absolute atomic E-state index is 12.1. The van der Waals surface area contributed by atoms with Crippen molar-refractivity contribution in [2.24, 2.45) is 11.8 Å². The zero-order valence-electron chi connectivity index (χ0n) is 11.9. The van der Waals surface area contributed by atoms with Crippen LogP contribution in [0.3, 0.4) is 0 Å². The van der Waals surface area contributed by atoms with Gasteiger partial charge in [-0.15, -0.1) is 0 Å². The first-order valence-corrected chi connectivity index (χ1v) is 7.78. The Bertz CT molecular complexity index is 500. The molecule has 1 aromatic heterocycles. The van der Waals surface area contributed by atoms with Crippen LogP contribution in [0.4, 0.5) is 0 Å². The van der Waals surface area contributed by atoms with Gasteiger partial charge in [0.15, 0.2) is 5.16 Å². The summed E-state index contributed by atoms with van der Waals surface area (Å²) in [7, 11) is 0. The molecule has 0 radical (unpaired) electrons. The molecular formula is C13H19N5O2S. The van der Waals surface area contributed by atoms with Crippen LogP contribution in [-0.2, 0) is 9.59 Å². The number of carbonyl (C=O) groups excluding carboxylic acids is 2. The molecule has 2 heterocycles. The van der Waals surface area contributed by atoms with Crippen LogP contribution in [0, 0.1) is 12.8 Å². The summed E-state index contributed by atoms with van der Waals surface area (Å²) < 4.78 is 0. The molecule has 8 heteroatoms. The molecule has 2 rings (SSSR count). The summed E-state index contributed by atoms with van der Waals surface area (Å²) in [5, 5.41) is 0.603. The number of nitrogens with one attached hydrogen (secondary N) is 1. The Hall–Kier alpha value is -1.67. The molecule has 1 fully saturated rings. The summed E-state index contributed by atoms with van der Waals surface area (Å²) in [5.41, 5.74) is 3.16. The zero-order valence-corrected chi connectivity index (χ0v) is 12.7. The highest BCUT2D eigenvalue weighted by atomic mass is 32.2. The molecule has 0 spiro atoms. The first-order valence-electron chi connectivity index (χ1n) is 6.80. The number of aromatic nitrogens is 2. The highest BCUT2D eigenvalue weighted by molar-refractivity contribution is 7.99. The number of thioether (sulfide) groups is 1. The van der Waals surface area contributed by atoms with Crippen molar-refractivity contribution >= 4 is 23.6 Å². The number of nitrogens with two attached hydrogens (primary N) is 1.